The number of hydrogen-bond acceptors (Lipinski definition) is 2. The van der Waals surface area contributed by atoms with Crippen molar-refractivity contribution in [1.82, 2.24) is 4.98 Å². The van der Waals surface area contributed by atoms with E-state index in [1.165, 1.54) is 0 Å². The summed E-state index contributed by atoms with van der Waals surface area (Å²) >= 11 is 0. The van der Waals surface area contributed by atoms with E-state index in [9.17, 15) is 4.79 Å². The molecule has 2 aromatic rings. The first-order valence-corrected chi connectivity index (χ1v) is 4.06. The summed E-state index contributed by atoms with van der Waals surface area (Å²) in [5, 5.41) is 1.000. The lowest BCUT2D eigenvalue weighted by atomic mass is 10.1. The zero-order valence-electron chi connectivity index (χ0n) is 7.29. The van der Waals surface area contributed by atoms with Crippen LogP contribution < -0.4 is 11.3 Å². The minimum Gasteiger partial charge on any atom is -0.397 e. The number of nitrogen functional groups attached to an aromatic ring is 1. The number of pyridine rings is 1. The van der Waals surface area contributed by atoms with Crippen molar-refractivity contribution in [1.29, 1.82) is 0 Å². The smallest absolute Gasteiger partial charge is 0.248 e. The SMILES string of the molecule is Cc1cc(=O)[nH]c2c(N)cccc12. The minimum absolute atomic E-state index is 0.108. The molecule has 0 atom stereocenters. The standard InChI is InChI=1S/C10H10N2O/c1-6-5-9(13)12-10-7(6)3-2-4-8(10)11/h2-5H,11H2,1H3,(H,12,13). The van der Waals surface area contributed by atoms with Crippen molar-refractivity contribution in [3.63, 3.8) is 0 Å². The highest BCUT2D eigenvalue weighted by molar-refractivity contribution is 5.91. The molecule has 0 fully saturated rings. The number of aromatic amines is 1. The van der Waals surface area contributed by atoms with E-state index in [-0.39, 0.29) is 5.56 Å². The summed E-state index contributed by atoms with van der Waals surface area (Å²) < 4.78 is 0. The highest BCUT2D eigenvalue weighted by atomic mass is 16.1. The fourth-order valence-corrected chi connectivity index (χ4v) is 1.47. The highest BCUT2D eigenvalue weighted by Gasteiger charge is 2.00. The first-order valence-electron chi connectivity index (χ1n) is 4.06. The van der Waals surface area contributed by atoms with E-state index < -0.39 is 0 Å². The van der Waals surface area contributed by atoms with Crippen LogP contribution in [0.3, 0.4) is 0 Å². The van der Waals surface area contributed by atoms with E-state index in [1.54, 1.807) is 12.1 Å². The van der Waals surface area contributed by atoms with Crippen molar-refractivity contribution in [3.8, 4) is 0 Å². The Morgan fingerprint density at radius 2 is 2.15 bits per heavy atom. The van der Waals surface area contributed by atoms with Gasteiger partial charge in [-0.15, -0.1) is 0 Å². The third-order valence-electron chi connectivity index (χ3n) is 2.12. The van der Waals surface area contributed by atoms with Crippen LogP contribution in [0.15, 0.2) is 29.1 Å². The molecule has 0 amide bonds. The van der Waals surface area contributed by atoms with Gasteiger partial charge in [-0.05, 0) is 18.6 Å². The lowest BCUT2D eigenvalue weighted by Gasteiger charge is -2.03. The van der Waals surface area contributed by atoms with Gasteiger partial charge in [0.1, 0.15) is 0 Å². The molecule has 0 unspecified atom stereocenters. The second-order valence-electron chi connectivity index (χ2n) is 3.09. The number of para-hydroxylation sites is 1. The summed E-state index contributed by atoms with van der Waals surface area (Å²) in [6, 6.07) is 7.17. The molecule has 1 aromatic heterocycles. The topological polar surface area (TPSA) is 58.9 Å². The van der Waals surface area contributed by atoms with Crippen molar-refractivity contribution < 1.29 is 0 Å². The zero-order chi connectivity index (χ0) is 9.42. The maximum atomic E-state index is 11.1. The predicted octanol–water partition coefficient (Wildman–Crippen LogP) is 1.42. The van der Waals surface area contributed by atoms with Crippen molar-refractivity contribution >= 4 is 16.6 Å². The molecule has 0 aliphatic rings. The third-order valence-corrected chi connectivity index (χ3v) is 2.12. The molecule has 0 bridgehead atoms. The predicted molar refractivity (Wildman–Crippen MR) is 53.7 cm³/mol. The summed E-state index contributed by atoms with van der Waals surface area (Å²) in [4.78, 5) is 13.9. The molecule has 0 saturated heterocycles. The number of nitrogens with two attached hydrogens (primary N) is 1. The minimum atomic E-state index is -0.108. The van der Waals surface area contributed by atoms with Crippen LogP contribution in [-0.2, 0) is 0 Å². The van der Waals surface area contributed by atoms with Gasteiger partial charge in [0.05, 0.1) is 11.2 Å². The summed E-state index contributed by atoms with van der Waals surface area (Å²) in [7, 11) is 0. The van der Waals surface area contributed by atoms with Gasteiger partial charge in [-0.1, -0.05) is 12.1 Å². The molecule has 3 N–H and O–H groups in total. The number of aromatic nitrogens is 1. The summed E-state index contributed by atoms with van der Waals surface area (Å²) in [5.41, 5.74) is 7.90. The van der Waals surface area contributed by atoms with E-state index >= 15 is 0 Å². The number of anilines is 1. The van der Waals surface area contributed by atoms with Crippen molar-refractivity contribution in [3.05, 3.63) is 40.2 Å². The number of benzene rings is 1. The molecule has 2 rings (SSSR count). The Bertz CT molecular complexity index is 514. The van der Waals surface area contributed by atoms with Gasteiger partial charge in [0.15, 0.2) is 0 Å². The Labute approximate surface area is 75.2 Å². The largest absolute Gasteiger partial charge is 0.397 e. The highest BCUT2D eigenvalue weighted by Crippen LogP contribution is 2.19. The van der Waals surface area contributed by atoms with Crippen LogP contribution >= 0.6 is 0 Å². The van der Waals surface area contributed by atoms with Gasteiger partial charge >= 0.3 is 0 Å². The van der Waals surface area contributed by atoms with Crippen LogP contribution in [0.1, 0.15) is 5.56 Å². The maximum absolute atomic E-state index is 11.1. The molecule has 1 heterocycles. The van der Waals surface area contributed by atoms with Crippen LogP contribution in [0.2, 0.25) is 0 Å². The van der Waals surface area contributed by atoms with Crippen LogP contribution in [-0.4, -0.2) is 4.98 Å². The van der Waals surface area contributed by atoms with E-state index in [4.69, 9.17) is 5.73 Å². The van der Waals surface area contributed by atoms with Crippen LogP contribution in [0, 0.1) is 6.92 Å². The summed E-state index contributed by atoms with van der Waals surface area (Å²) in [5.74, 6) is 0. The van der Waals surface area contributed by atoms with Crippen molar-refractivity contribution in [2.75, 3.05) is 5.73 Å². The zero-order valence-corrected chi connectivity index (χ0v) is 7.29. The molecule has 0 aliphatic heterocycles. The van der Waals surface area contributed by atoms with Gasteiger partial charge in [0.25, 0.3) is 0 Å². The quantitative estimate of drug-likeness (QED) is 0.593. The van der Waals surface area contributed by atoms with E-state index in [0.29, 0.717) is 5.69 Å². The number of H-pyrrole nitrogens is 1. The van der Waals surface area contributed by atoms with Crippen molar-refractivity contribution in [2.24, 2.45) is 0 Å². The number of nitrogens with one attached hydrogen (secondary N) is 1. The Morgan fingerprint density at radius 3 is 2.92 bits per heavy atom. The second kappa shape index (κ2) is 2.62. The molecule has 3 heteroatoms. The molecule has 13 heavy (non-hydrogen) atoms. The first kappa shape index (κ1) is 7.86. The number of rotatable bonds is 0. The average Bonchev–Trinajstić information content (AvgIpc) is 2.07. The number of aryl methyl sites for hydroxylation is 1. The summed E-state index contributed by atoms with van der Waals surface area (Å²) in [6.45, 7) is 1.90. The van der Waals surface area contributed by atoms with Crippen molar-refractivity contribution in [2.45, 2.75) is 6.92 Å². The van der Waals surface area contributed by atoms with Gasteiger partial charge < -0.3 is 10.7 Å². The Hall–Kier alpha value is -1.77. The first-order chi connectivity index (χ1) is 6.18. The van der Waals surface area contributed by atoms with Crippen LogP contribution in [0.4, 0.5) is 5.69 Å². The van der Waals surface area contributed by atoms with E-state index in [2.05, 4.69) is 4.98 Å². The Kier molecular flexibility index (Phi) is 1.59. The molecule has 0 radical (unpaired) electrons. The maximum Gasteiger partial charge on any atom is 0.248 e. The molecular weight excluding hydrogens is 164 g/mol. The molecule has 0 aliphatic carbocycles. The number of hydrogen-bond donors (Lipinski definition) is 2. The second-order valence-corrected chi connectivity index (χ2v) is 3.09. The Morgan fingerprint density at radius 1 is 1.38 bits per heavy atom. The van der Waals surface area contributed by atoms with Gasteiger partial charge in [0, 0.05) is 11.5 Å². The fourth-order valence-electron chi connectivity index (χ4n) is 1.47. The molecule has 66 valence electrons. The van der Waals surface area contributed by atoms with Gasteiger partial charge in [0.2, 0.25) is 5.56 Å². The third kappa shape index (κ3) is 1.18. The van der Waals surface area contributed by atoms with Crippen LogP contribution in [0.5, 0.6) is 0 Å². The average molecular weight is 174 g/mol. The normalized spacial score (nSPS) is 10.5. The van der Waals surface area contributed by atoms with Crippen LogP contribution in [0.25, 0.3) is 10.9 Å². The van der Waals surface area contributed by atoms with E-state index in [0.717, 1.165) is 16.5 Å². The molecule has 3 nitrogen and oxygen atoms in total. The summed E-state index contributed by atoms with van der Waals surface area (Å²) in [6.07, 6.45) is 0. The molecule has 0 spiro atoms. The molecule has 1 aromatic carbocycles. The van der Waals surface area contributed by atoms with E-state index in [1.807, 2.05) is 19.1 Å². The Balaban J connectivity index is 3.03. The lowest BCUT2D eigenvalue weighted by molar-refractivity contribution is 1.28. The van der Waals surface area contributed by atoms with Gasteiger partial charge in [-0.3, -0.25) is 4.79 Å². The van der Waals surface area contributed by atoms with Gasteiger partial charge in [-0.25, -0.2) is 0 Å². The van der Waals surface area contributed by atoms with Gasteiger partial charge in [-0.2, -0.15) is 0 Å². The molecule has 0 saturated carbocycles. The number of fused-ring (bicyclic) bond motifs is 1. The monoisotopic (exact) mass is 174 g/mol. The lowest BCUT2D eigenvalue weighted by Crippen LogP contribution is -2.06. The molecular formula is C10H10N2O. The fraction of sp³-hybridized carbons (Fsp3) is 0.100.